The summed E-state index contributed by atoms with van der Waals surface area (Å²) in [7, 11) is 0. The second-order valence-electron chi connectivity index (χ2n) is 6.29. The number of benzene rings is 1. The fourth-order valence-corrected chi connectivity index (χ4v) is 3.19. The minimum Gasteiger partial charge on any atom is -0.503 e. The number of amides is 1. The second kappa shape index (κ2) is 8.84. The van der Waals surface area contributed by atoms with Gasteiger partial charge in [0.2, 0.25) is 5.88 Å². The summed E-state index contributed by atoms with van der Waals surface area (Å²) >= 11 is 11.8. The molecule has 27 heavy (non-hydrogen) atoms. The van der Waals surface area contributed by atoms with Crippen molar-refractivity contribution in [2.24, 2.45) is 0 Å². The number of aromatic hydroxyl groups is 2. The Hall–Kier alpha value is -1.93. The van der Waals surface area contributed by atoms with Crippen molar-refractivity contribution in [3.8, 4) is 11.6 Å². The molecule has 0 saturated carbocycles. The van der Waals surface area contributed by atoms with Crippen molar-refractivity contribution in [1.82, 2.24) is 14.8 Å². The van der Waals surface area contributed by atoms with Crippen molar-refractivity contribution in [2.75, 3.05) is 32.8 Å². The first kappa shape index (κ1) is 19.8. The molecule has 0 aliphatic carbocycles. The molecule has 0 atom stereocenters. The Labute approximate surface area is 167 Å². The smallest absolute Gasteiger partial charge is 0.257 e. The number of hydrogen-bond donors (Lipinski definition) is 3. The number of ether oxygens (including phenoxy) is 1. The molecule has 9 heteroatoms. The zero-order chi connectivity index (χ0) is 19.4. The highest BCUT2D eigenvalue weighted by Crippen LogP contribution is 2.31. The summed E-state index contributed by atoms with van der Waals surface area (Å²) in [5, 5.41) is 23.7. The average molecular weight is 414 g/mol. The number of carbonyl (C=O) groups excluding carboxylic acids is 1. The molecule has 2 heterocycles. The highest BCUT2D eigenvalue weighted by Gasteiger charge is 2.21. The third-order valence-corrected chi connectivity index (χ3v) is 5.21. The van der Waals surface area contributed by atoms with Crippen LogP contribution in [-0.2, 0) is 17.8 Å². The number of halogens is 2. The van der Waals surface area contributed by atoms with Crippen LogP contribution >= 0.6 is 23.2 Å². The van der Waals surface area contributed by atoms with E-state index < -0.39 is 11.7 Å². The first-order chi connectivity index (χ1) is 13.0. The maximum absolute atomic E-state index is 12.4. The van der Waals surface area contributed by atoms with Crippen molar-refractivity contribution in [2.45, 2.75) is 13.1 Å². The summed E-state index contributed by atoms with van der Waals surface area (Å²) in [5.74, 6) is -1.23. The van der Waals surface area contributed by atoms with E-state index in [9.17, 15) is 15.0 Å². The molecule has 1 aliphatic heterocycles. The standard InChI is InChI=1S/C18H21Cl2N3O4/c19-14-2-1-12(9-15(14)20)10-21-17(25)13-11-23(18(26)16(13)24)4-3-22-5-7-27-8-6-22/h1-2,9,11,24,26H,3-8,10H2,(H,21,25). The first-order valence-electron chi connectivity index (χ1n) is 8.59. The number of carbonyl (C=O) groups is 1. The zero-order valence-electron chi connectivity index (χ0n) is 14.6. The van der Waals surface area contributed by atoms with Gasteiger partial charge in [0.05, 0.1) is 23.3 Å². The van der Waals surface area contributed by atoms with Crippen molar-refractivity contribution in [3.05, 3.63) is 45.6 Å². The Balaban J connectivity index is 1.61. The van der Waals surface area contributed by atoms with Gasteiger partial charge in [-0.3, -0.25) is 9.69 Å². The summed E-state index contributed by atoms with van der Waals surface area (Å²) in [6.45, 7) is 4.39. The van der Waals surface area contributed by atoms with Gasteiger partial charge in [0.1, 0.15) is 5.56 Å². The Morgan fingerprint density at radius 3 is 2.59 bits per heavy atom. The van der Waals surface area contributed by atoms with Crippen molar-refractivity contribution in [1.29, 1.82) is 0 Å². The molecule has 0 unspecified atom stereocenters. The van der Waals surface area contributed by atoms with Crippen LogP contribution < -0.4 is 5.32 Å². The molecular weight excluding hydrogens is 393 g/mol. The number of rotatable bonds is 6. The lowest BCUT2D eigenvalue weighted by atomic mass is 10.2. The lowest BCUT2D eigenvalue weighted by molar-refractivity contribution is 0.0361. The van der Waals surface area contributed by atoms with Crippen LogP contribution in [0.15, 0.2) is 24.4 Å². The molecule has 7 nitrogen and oxygen atoms in total. The van der Waals surface area contributed by atoms with Crippen LogP contribution in [0.2, 0.25) is 10.0 Å². The Morgan fingerprint density at radius 1 is 1.15 bits per heavy atom. The molecule has 2 aromatic rings. The lowest BCUT2D eigenvalue weighted by Gasteiger charge is -2.26. The maximum atomic E-state index is 12.4. The summed E-state index contributed by atoms with van der Waals surface area (Å²) < 4.78 is 6.77. The van der Waals surface area contributed by atoms with E-state index in [4.69, 9.17) is 27.9 Å². The van der Waals surface area contributed by atoms with Gasteiger partial charge in [0.15, 0.2) is 5.75 Å². The van der Waals surface area contributed by atoms with E-state index in [0.29, 0.717) is 36.3 Å². The Bertz CT molecular complexity index is 819. The van der Waals surface area contributed by atoms with E-state index in [1.165, 1.54) is 10.8 Å². The fourth-order valence-electron chi connectivity index (χ4n) is 2.87. The van der Waals surface area contributed by atoms with Gasteiger partial charge in [0, 0.05) is 38.9 Å². The molecular formula is C18H21Cl2N3O4. The van der Waals surface area contributed by atoms with E-state index in [1.54, 1.807) is 18.2 Å². The summed E-state index contributed by atoms with van der Waals surface area (Å²) in [6, 6.07) is 5.06. The predicted octanol–water partition coefficient (Wildman–Crippen LogP) is 2.47. The van der Waals surface area contributed by atoms with Gasteiger partial charge in [-0.25, -0.2) is 0 Å². The van der Waals surface area contributed by atoms with Crippen LogP contribution in [0.4, 0.5) is 0 Å². The molecule has 1 saturated heterocycles. The SMILES string of the molecule is O=C(NCc1ccc(Cl)c(Cl)c1)c1cn(CCN2CCOCC2)c(O)c1O. The zero-order valence-corrected chi connectivity index (χ0v) is 16.1. The van der Waals surface area contributed by atoms with Crippen LogP contribution in [0.25, 0.3) is 0 Å². The third kappa shape index (κ3) is 4.87. The van der Waals surface area contributed by atoms with Gasteiger partial charge >= 0.3 is 0 Å². The second-order valence-corrected chi connectivity index (χ2v) is 7.11. The van der Waals surface area contributed by atoms with Crippen molar-refractivity contribution >= 4 is 29.1 Å². The monoisotopic (exact) mass is 413 g/mol. The molecule has 1 aromatic heterocycles. The van der Waals surface area contributed by atoms with E-state index in [1.807, 2.05) is 0 Å². The van der Waals surface area contributed by atoms with Gasteiger partial charge in [-0.05, 0) is 17.7 Å². The summed E-state index contributed by atoms with van der Waals surface area (Å²) in [4.78, 5) is 14.6. The quantitative estimate of drug-likeness (QED) is 0.676. The van der Waals surface area contributed by atoms with Crippen LogP contribution in [0.5, 0.6) is 11.6 Å². The highest BCUT2D eigenvalue weighted by molar-refractivity contribution is 6.42. The molecule has 0 bridgehead atoms. The average Bonchev–Trinajstić information content (AvgIpc) is 2.96. The number of hydrogen-bond acceptors (Lipinski definition) is 5. The number of morpholine rings is 1. The molecule has 1 aliphatic rings. The number of aromatic nitrogens is 1. The molecule has 0 spiro atoms. The Morgan fingerprint density at radius 2 is 1.89 bits per heavy atom. The van der Waals surface area contributed by atoms with Gasteiger partial charge in [0.25, 0.3) is 5.91 Å². The largest absolute Gasteiger partial charge is 0.503 e. The van der Waals surface area contributed by atoms with Crippen LogP contribution in [0.3, 0.4) is 0 Å². The number of nitrogens with one attached hydrogen (secondary N) is 1. The molecule has 1 amide bonds. The fraction of sp³-hybridized carbons (Fsp3) is 0.389. The predicted molar refractivity (Wildman–Crippen MR) is 103 cm³/mol. The van der Waals surface area contributed by atoms with Crippen LogP contribution in [0.1, 0.15) is 15.9 Å². The first-order valence-corrected chi connectivity index (χ1v) is 9.34. The highest BCUT2D eigenvalue weighted by atomic mass is 35.5. The van der Waals surface area contributed by atoms with E-state index >= 15 is 0 Å². The van der Waals surface area contributed by atoms with Gasteiger partial charge in [-0.1, -0.05) is 29.3 Å². The van der Waals surface area contributed by atoms with E-state index in [0.717, 1.165) is 18.7 Å². The molecule has 1 aromatic carbocycles. The summed E-state index contributed by atoms with van der Waals surface area (Å²) in [5.41, 5.74) is 0.794. The van der Waals surface area contributed by atoms with Crippen LogP contribution in [-0.4, -0.2) is 58.4 Å². The molecule has 3 rings (SSSR count). The van der Waals surface area contributed by atoms with Crippen molar-refractivity contribution in [3.63, 3.8) is 0 Å². The number of nitrogens with zero attached hydrogens (tertiary/aromatic N) is 2. The minimum absolute atomic E-state index is 0.0227. The molecule has 146 valence electrons. The minimum atomic E-state index is -0.487. The maximum Gasteiger partial charge on any atom is 0.257 e. The van der Waals surface area contributed by atoms with Gasteiger partial charge in [-0.15, -0.1) is 0 Å². The van der Waals surface area contributed by atoms with E-state index in [-0.39, 0.29) is 18.0 Å². The van der Waals surface area contributed by atoms with Crippen molar-refractivity contribution < 1.29 is 19.7 Å². The molecule has 0 radical (unpaired) electrons. The summed E-state index contributed by atoms with van der Waals surface area (Å²) in [6.07, 6.45) is 1.45. The lowest BCUT2D eigenvalue weighted by Crippen LogP contribution is -2.38. The van der Waals surface area contributed by atoms with Gasteiger partial charge < -0.3 is 24.8 Å². The third-order valence-electron chi connectivity index (χ3n) is 4.47. The topological polar surface area (TPSA) is 87.0 Å². The normalized spacial score (nSPS) is 15.0. The molecule has 1 fully saturated rings. The van der Waals surface area contributed by atoms with Crippen LogP contribution in [0, 0.1) is 0 Å². The Kier molecular flexibility index (Phi) is 6.49. The van der Waals surface area contributed by atoms with E-state index in [2.05, 4.69) is 10.2 Å². The van der Waals surface area contributed by atoms with Gasteiger partial charge in [-0.2, -0.15) is 0 Å². The molecule has 3 N–H and O–H groups in total.